The fourth-order valence-corrected chi connectivity index (χ4v) is 6.86. The van der Waals surface area contributed by atoms with Gasteiger partial charge in [-0.15, -0.1) is 0 Å². The molecule has 0 bridgehead atoms. The van der Waals surface area contributed by atoms with Gasteiger partial charge < -0.3 is 23.7 Å². The normalized spacial score (nSPS) is 15.5. The molecule has 0 aliphatic carbocycles. The average Bonchev–Trinajstić information content (AvgIpc) is 3.66. The van der Waals surface area contributed by atoms with Crippen LogP contribution in [0.1, 0.15) is 36.6 Å². The highest BCUT2D eigenvalue weighted by molar-refractivity contribution is 7.07. The number of methoxy groups -OCH3 is 1. The van der Waals surface area contributed by atoms with Crippen molar-refractivity contribution in [1.82, 2.24) is 4.57 Å². The van der Waals surface area contributed by atoms with Crippen LogP contribution in [0.2, 0.25) is 0 Å². The zero-order valence-electron chi connectivity index (χ0n) is 25.4. The molecule has 0 radical (unpaired) electrons. The van der Waals surface area contributed by atoms with Gasteiger partial charge in [-0.3, -0.25) is 9.36 Å². The van der Waals surface area contributed by atoms with Gasteiger partial charge in [-0.05, 0) is 71.7 Å². The van der Waals surface area contributed by atoms with Crippen LogP contribution in [-0.2, 0) is 16.1 Å². The number of esters is 1. The molecule has 0 fully saturated rings. The van der Waals surface area contributed by atoms with Gasteiger partial charge in [-0.25, -0.2) is 9.79 Å². The molecule has 4 aromatic carbocycles. The van der Waals surface area contributed by atoms with E-state index in [1.165, 1.54) is 11.3 Å². The molecule has 232 valence electrons. The van der Waals surface area contributed by atoms with Gasteiger partial charge in [0.05, 0.1) is 35.6 Å². The number of benzene rings is 4. The van der Waals surface area contributed by atoms with Crippen molar-refractivity contribution in [2.45, 2.75) is 26.5 Å². The zero-order valence-corrected chi connectivity index (χ0v) is 26.3. The van der Waals surface area contributed by atoms with Crippen molar-refractivity contribution in [3.05, 3.63) is 127 Å². The van der Waals surface area contributed by atoms with Crippen LogP contribution in [0.15, 0.2) is 99.9 Å². The number of rotatable bonds is 8. The first-order valence-corrected chi connectivity index (χ1v) is 15.6. The van der Waals surface area contributed by atoms with E-state index >= 15 is 0 Å². The number of hydrogen-bond donors (Lipinski definition) is 0. The minimum atomic E-state index is -0.758. The number of hydrogen-bond acceptors (Lipinski definition) is 9. The number of aromatic nitrogens is 1. The molecule has 9 nitrogen and oxygen atoms in total. The third-order valence-corrected chi connectivity index (χ3v) is 8.96. The van der Waals surface area contributed by atoms with E-state index in [4.69, 9.17) is 23.7 Å². The van der Waals surface area contributed by atoms with Gasteiger partial charge in [-0.2, -0.15) is 0 Å². The maximum atomic E-state index is 14.1. The Bertz CT molecular complexity index is 2210. The van der Waals surface area contributed by atoms with E-state index in [0.717, 1.165) is 21.9 Å². The fourth-order valence-electron chi connectivity index (χ4n) is 5.81. The van der Waals surface area contributed by atoms with Gasteiger partial charge in [0.25, 0.3) is 5.56 Å². The van der Waals surface area contributed by atoms with E-state index in [9.17, 15) is 9.59 Å². The lowest BCUT2D eigenvalue weighted by Gasteiger charge is -2.24. The molecular formula is C36H30N2O7S. The molecule has 1 aromatic heterocycles. The second-order valence-corrected chi connectivity index (χ2v) is 11.8. The van der Waals surface area contributed by atoms with Crippen LogP contribution < -0.4 is 33.8 Å². The largest absolute Gasteiger partial charge is 0.493 e. The molecule has 10 heteroatoms. The summed E-state index contributed by atoms with van der Waals surface area (Å²) in [6, 6.07) is 24.5. The van der Waals surface area contributed by atoms with E-state index in [0.29, 0.717) is 55.8 Å². The van der Waals surface area contributed by atoms with Crippen molar-refractivity contribution in [2.75, 3.05) is 20.5 Å². The van der Waals surface area contributed by atoms with Crippen LogP contribution in [-0.4, -0.2) is 31.0 Å². The van der Waals surface area contributed by atoms with Gasteiger partial charge in [0.15, 0.2) is 27.8 Å². The summed E-state index contributed by atoms with van der Waals surface area (Å²) in [5, 5.41) is 2.29. The smallest absolute Gasteiger partial charge is 0.338 e. The highest BCUT2D eigenvalue weighted by Gasteiger charge is 2.34. The number of allylic oxidation sites excluding steroid dienone is 1. The van der Waals surface area contributed by atoms with E-state index < -0.39 is 12.0 Å². The van der Waals surface area contributed by atoms with Crippen molar-refractivity contribution in [2.24, 2.45) is 4.99 Å². The SMILES string of the molecule is CCOC(=O)C1=C(C)N=c2s/c(=C/c3ccc(OCc4cccc5ccccc45)c(OC)c3)c(=O)n2C1c1ccc2c(c1)OCO2. The van der Waals surface area contributed by atoms with Gasteiger partial charge in [0.1, 0.15) is 6.61 Å². The summed E-state index contributed by atoms with van der Waals surface area (Å²) < 4.78 is 30.4. The summed E-state index contributed by atoms with van der Waals surface area (Å²) in [6.45, 7) is 4.17. The van der Waals surface area contributed by atoms with Crippen LogP contribution in [0.3, 0.4) is 0 Å². The number of thiazole rings is 1. The minimum Gasteiger partial charge on any atom is -0.493 e. The summed E-state index contributed by atoms with van der Waals surface area (Å²) >= 11 is 1.25. The Balaban J connectivity index is 1.25. The molecule has 7 rings (SSSR count). The summed E-state index contributed by atoms with van der Waals surface area (Å²) in [4.78, 5) is 32.4. The second kappa shape index (κ2) is 12.2. The Morgan fingerprint density at radius 3 is 2.70 bits per heavy atom. The third-order valence-electron chi connectivity index (χ3n) is 7.98. The van der Waals surface area contributed by atoms with Gasteiger partial charge in [0, 0.05) is 0 Å². The topological polar surface area (TPSA) is 97.6 Å². The molecule has 2 aliphatic rings. The Hall–Kier alpha value is -5.35. The number of carbonyl (C=O) groups is 1. The standard InChI is InChI=1S/C36H30N2O7S/c1-4-42-35(40)32-21(2)37-36-38(33(32)24-13-15-28-30(18-24)45-20-44-28)34(39)31(46-36)17-22-12-14-27(29(16-22)41-3)43-19-25-10-7-9-23-8-5-6-11-26(23)25/h5-18,33H,4,19-20H2,1-3H3/b31-17+. The highest BCUT2D eigenvalue weighted by atomic mass is 32.1. The minimum absolute atomic E-state index is 0.109. The lowest BCUT2D eigenvalue weighted by atomic mass is 9.95. The van der Waals surface area contributed by atoms with Gasteiger partial charge in [0.2, 0.25) is 6.79 Å². The summed E-state index contributed by atoms with van der Waals surface area (Å²) in [7, 11) is 1.59. The first-order chi connectivity index (χ1) is 22.4. The molecule has 0 spiro atoms. The molecule has 0 N–H and O–H groups in total. The molecule has 1 atom stereocenters. The van der Waals surface area contributed by atoms with E-state index in [2.05, 4.69) is 29.3 Å². The number of ether oxygens (including phenoxy) is 5. The Labute approximate surface area is 268 Å². The van der Waals surface area contributed by atoms with Crippen LogP contribution >= 0.6 is 11.3 Å². The first kappa shape index (κ1) is 29.4. The maximum absolute atomic E-state index is 14.1. The van der Waals surface area contributed by atoms with E-state index in [1.807, 2.05) is 42.5 Å². The Morgan fingerprint density at radius 1 is 1.02 bits per heavy atom. The monoisotopic (exact) mass is 634 g/mol. The average molecular weight is 635 g/mol. The summed E-state index contributed by atoms with van der Waals surface area (Å²) in [5.41, 5.74) is 3.01. The predicted octanol–water partition coefficient (Wildman–Crippen LogP) is 5.27. The van der Waals surface area contributed by atoms with Gasteiger partial charge in [-0.1, -0.05) is 65.9 Å². The molecule has 5 aromatic rings. The van der Waals surface area contributed by atoms with Crippen molar-refractivity contribution < 1.29 is 28.5 Å². The second-order valence-electron chi connectivity index (χ2n) is 10.8. The molecule has 0 saturated carbocycles. The lowest BCUT2D eigenvalue weighted by molar-refractivity contribution is -0.139. The molecule has 0 saturated heterocycles. The van der Waals surface area contributed by atoms with E-state index in [1.54, 1.807) is 43.7 Å². The fraction of sp³-hybridized carbons (Fsp3) is 0.194. The van der Waals surface area contributed by atoms with Crippen molar-refractivity contribution >= 4 is 34.2 Å². The van der Waals surface area contributed by atoms with Crippen molar-refractivity contribution in [3.63, 3.8) is 0 Å². The molecular weight excluding hydrogens is 604 g/mol. The third kappa shape index (κ3) is 5.30. The molecule has 3 heterocycles. The Kier molecular flexibility index (Phi) is 7.79. The summed E-state index contributed by atoms with van der Waals surface area (Å²) in [6.07, 6.45) is 1.79. The summed E-state index contributed by atoms with van der Waals surface area (Å²) in [5.74, 6) is 1.76. The molecule has 1 unspecified atom stereocenters. The highest BCUT2D eigenvalue weighted by Crippen LogP contribution is 2.38. The predicted molar refractivity (Wildman–Crippen MR) is 174 cm³/mol. The molecule has 46 heavy (non-hydrogen) atoms. The van der Waals surface area contributed by atoms with Crippen LogP contribution in [0.5, 0.6) is 23.0 Å². The molecule has 0 amide bonds. The van der Waals surface area contributed by atoms with Crippen molar-refractivity contribution in [3.8, 4) is 23.0 Å². The van der Waals surface area contributed by atoms with E-state index in [-0.39, 0.29) is 19.0 Å². The van der Waals surface area contributed by atoms with Gasteiger partial charge >= 0.3 is 5.97 Å². The lowest BCUT2D eigenvalue weighted by Crippen LogP contribution is -2.39. The zero-order chi connectivity index (χ0) is 31.8. The number of carbonyl (C=O) groups excluding carboxylic acids is 1. The van der Waals surface area contributed by atoms with Crippen LogP contribution in [0, 0.1) is 0 Å². The quantitative estimate of drug-likeness (QED) is 0.215. The number of nitrogens with zero attached hydrogens (tertiary/aromatic N) is 2. The van der Waals surface area contributed by atoms with Crippen LogP contribution in [0.25, 0.3) is 16.8 Å². The maximum Gasteiger partial charge on any atom is 0.338 e. The molecule has 2 aliphatic heterocycles. The van der Waals surface area contributed by atoms with Crippen molar-refractivity contribution in [1.29, 1.82) is 0 Å². The first-order valence-electron chi connectivity index (χ1n) is 14.8. The number of fused-ring (bicyclic) bond motifs is 3. The Morgan fingerprint density at radius 2 is 1.85 bits per heavy atom. The van der Waals surface area contributed by atoms with Crippen LogP contribution in [0.4, 0.5) is 0 Å².